The second-order valence-electron chi connectivity index (χ2n) is 8.42. The van der Waals surface area contributed by atoms with Crippen LogP contribution >= 0.6 is 28.1 Å². The summed E-state index contributed by atoms with van der Waals surface area (Å²) in [6, 6.07) is 25.1. The van der Waals surface area contributed by atoms with Crippen LogP contribution in [0.1, 0.15) is 40.3 Å². The van der Waals surface area contributed by atoms with Gasteiger partial charge in [-0.3, -0.25) is 4.98 Å². The van der Waals surface area contributed by atoms with Crippen molar-refractivity contribution in [3.8, 4) is 5.69 Å². The molecule has 0 aliphatic carbocycles. The number of nitrogens with zero attached hydrogens (tertiary/aromatic N) is 3. The molecule has 2 unspecified atom stereocenters. The van der Waals surface area contributed by atoms with E-state index in [4.69, 9.17) is 12.2 Å². The molecular weight excluding hydrogens is 492 g/mol. The molecule has 33 heavy (non-hydrogen) atoms. The molecule has 4 nitrogen and oxygen atoms in total. The Morgan fingerprint density at radius 2 is 1.67 bits per heavy atom. The minimum Gasteiger partial charge on any atom is -0.351 e. The van der Waals surface area contributed by atoms with Gasteiger partial charge in [0.05, 0.1) is 17.8 Å². The molecule has 1 aliphatic rings. The first kappa shape index (κ1) is 21.9. The molecule has 0 saturated carbocycles. The number of para-hydroxylation sites is 1. The molecule has 2 aromatic heterocycles. The number of halogens is 1. The summed E-state index contributed by atoms with van der Waals surface area (Å²) in [5.74, 6) is 0. The van der Waals surface area contributed by atoms with E-state index in [1.54, 1.807) is 0 Å². The molecule has 2 atom stereocenters. The number of aromatic nitrogens is 2. The van der Waals surface area contributed by atoms with E-state index in [0.717, 1.165) is 15.9 Å². The summed E-state index contributed by atoms with van der Waals surface area (Å²) in [5.41, 5.74) is 8.13. The van der Waals surface area contributed by atoms with Gasteiger partial charge in [0.2, 0.25) is 0 Å². The van der Waals surface area contributed by atoms with Gasteiger partial charge in [0.15, 0.2) is 5.11 Å². The lowest BCUT2D eigenvalue weighted by Gasteiger charge is -2.28. The van der Waals surface area contributed by atoms with Crippen molar-refractivity contribution in [2.75, 3.05) is 4.90 Å². The van der Waals surface area contributed by atoms with Crippen LogP contribution in [0.5, 0.6) is 0 Å². The standard InChI is InChI=1S/C27H25BrN4S/c1-17-8-4-5-10-24(17)31-18(2)16-22(19(31)3)26-25(23-9-6-7-15-29-23)30-27(33)32(26)21-13-11-20(28)12-14-21/h4-16,25-26H,1-3H3,(H,30,33). The average molecular weight is 517 g/mol. The van der Waals surface area contributed by atoms with E-state index in [2.05, 4.69) is 117 Å². The van der Waals surface area contributed by atoms with Crippen molar-refractivity contribution in [1.29, 1.82) is 0 Å². The van der Waals surface area contributed by atoms with E-state index < -0.39 is 0 Å². The number of hydrogen-bond acceptors (Lipinski definition) is 2. The highest BCUT2D eigenvalue weighted by Gasteiger charge is 2.42. The van der Waals surface area contributed by atoms with Crippen molar-refractivity contribution in [1.82, 2.24) is 14.9 Å². The number of rotatable bonds is 4. The largest absolute Gasteiger partial charge is 0.351 e. The summed E-state index contributed by atoms with van der Waals surface area (Å²) in [4.78, 5) is 6.91. The Bertz CT molecular complexity index is 1310. The third kappa shape index (κ3) is 3.87. The molecule has 166 valence electrons. The van der Waals surface area contributed by atoms with E-state index >= 15 is 0 Å². The quantitative estimate of drug-likeness (QED) is 0.304. The Hall–Kier alpha value is -2.96. The third-order valence-corrected chi connectivity index (χ3v) is 7.19. The molecule has 1 fully saturated rings. The minimum absolute atomic E-state index is 0.0301. The van der Waals surface area contributed by atoms with Crippen LogP contribution in [-0.2, 0) is 0 Å². The Morgan fingerprint density at radius 3 is 2.36 bits per heavy atom. The maximum Gasteiger partial charge on any atom is 0.174 e. The van der Waals surface area contributed by atoms with Crippen molar-refractivity contribution < 1.29 is 0 Å². The lowest BCUT2D eigenvalue weighted by atomic mass is 9.96. The van der Waals surface area contributed by atoms with Crippen molar-refractivity contribution >= 4 is 38.9 Å². The van der Waals surface area contributed by atoms with Gasteiger partial charge in [-0.2, -0.15) is 0 Å². The van der Waals surface area contributed by atoms with Crippen LogP contribution in [0.3, 0.4) is 0 Å². The minimum atomic E-state index is -0.0619. The van der Waals surface area contributed by atoms with Crippen LogP contribution in [0.25, 0.3) is 5.69 Å². The van der Waals surface area contributed by atoms with Gasteiger partial charge in [-0.15, -0.1) is 0 Å². The summed E-state index contributed by atoms with van der Waals surface area (Å²) in [7, 11) is 0. The fourth-order valence-corrected chi connectivity index (χ4v) is 5.43. The number of hydrogen-bond donors (Lipinski definition) is 1. The molecule has 1 aliphatic heterocycles. The zero-order valence-corrected chi connectivity index (χ0v) is 21.2. The van der Waals surface area contributed by atoms with Crippen LogP contribution in [0.4, 0.5) is 5.69 Å². The Morgan fingerprint density at radius 1 is 0.939 bits per heavy atom. The van der Waals surface area contributed by atoms with Crippen LogP contribution in [0.15, 0.2) is 83.5 Å². The fraction of sp³-hybridized carbons (Fsp3) is 0.185. The van der Waals surface area contributed by atoms with E-state index in [-0.39, 0.29) is 12.1 Å². The molecule has 0 amide bonds. The number of pyridine rings is 1. The highest BCUT2D eigenvalue weighted by Crippen LogP contribution is 2.44. The number of anilines is 1. The van der Waals surface area contributed by atoms with Gasteiger partial charge in [0, 0.05) is 33.4 Å². The highest BCUT2D eigenvalue weighted by atomic mass is 79.9. The summed E-state index contributed by atoms with van der Waals surface area (Å²) in [5, 5.41) is 4.27. The molecule has 6 heteroatoms. The molecule has 3 heterocycles. The number of aryl methyl sites for hydroxylation is 2. The Kier molecular flexibility index (Phi) is 5.81. The van der Waals surface area contributed by atoms with Crippen molar-refractivity contribution in [3.05, 3.63) is 112 Å². The Balaban J connectivity index is 1.69. The average Bonchev–Trinajstić information content (AvgIpc) is 3.31. The fourth-order valence-electron chi connectivity index (χ4n) is 4.82. The number of nitrogens with one attached hydrogen (secondary N) is 1. The number of thiocarbonyl (C=S) groups is 1. The lowest BCUT2D eigenvalue weighted by Crippen LogP contribution is -2.29. The normalized spacial score (nSPS) is 17.9. The predicted molar refractivity (Wildman–Crippen MR) is 142 cm³/mol. The summed E-state index contributed by atoms with van der Waals surface area (Å²) in [6.45, 7) is 6.53. The summed E-state index contributed by atoms with van der Waals surface area (Å²) >= 11 is 9.43. The van der Waals surface area contributed by atoms with Gasteiger partial charge in [-0.25, -0.2) is 0 Å². The first-order chi connectivity index (χ1) is 16.0. The van der Waals surface area contributed by atoms with E-state index in [0.29, 0.717) is 5.11 Å². The monoisotopic (exact) mass is 516 g/mol. The van der Waals surface area contributed by atoms with E-state index in [1.165, 1.54) is 28.2 Å². The van der Waals surface area contributed by atoms with Gasteiger partial charge in [-0.05, 0) is 92.6 Å². The molecule has 5 rings (SSSR count). The van der Waals surface area contributed by atoms with Crippen molar-refractivity contribution in [2.24, 2.45) is 0 Å². The maximum absolute atomic E-state index is 5.88. The molecule has 4 aromatic rings. The first-order valence-electron chi connectivity index (χ1n) is 11.0. The van der Waals surface area contributed by atoms with Gasteiger partial charge >= 0.3 is 0 Å². The molecule has 0 radical (unpaired) electrons. The van der Waals surface area contributed by atoms with Crippen molar-refractivity contribution in [3.63, 3.8) is 0 Å². The zero-order chi connectivity index (χ0) is 23.1. The van der Waals surface area contributed by atoms with Crippen LogP contribution in [0, 0.1) is 20.8 Å². The maximum atomic E-state index is 5.88. The van der Waals surface area contributed by atoms with Crippen LogP contribution in [0.2, 0.25) is 0 Å². The molecule has 0 spiro atoms. The van der Waals surface area contributed by atoms with E-state index in [9.17, 15) is 0 Å². The third-order valence-electron chi connectivity index (χ3n) is 6.35. The highest BCUT2D eigenvalue weighted by molar-refractivity contribution is 9.10. The molecular formula is C27H25BrN4S. The van der Waals surface area contributed by atoms with Gasteiger partial charge in [-0.1, -0.05) is 40.2 Å². The smallest absolute Gasteiger partial charge is 0.174 e. The molecule has 1 saturated heterocycles. The zero-order valence-electron chi connectivity index (χ0n) is 18.8. The van der Waals surface area contributed by atoms with Crippen LogP contribution in [-0.4, -0.2) is 14.7 Å². The topological polar surface area (TPSA) is 33.1 Å². The van der Waals surface area contributed by atoms with Gasteiger partial charge < -0.3 is 14.8 Å². The summed E-state index contributed by atoms with van der Waals surface area (Å²) < 4.78 is 3.39. The lowest BCUT2D eigenvalue weighted by molar-refractivity contribution is 0.565. The first-order valence-corrected chi connectivity index (χ1v) is 12.2. The van der Waals surface area contributed by atoms with Crippen molar-refractivity contribution in [2.45, 2.75) is 32.9 Å². The summed E-state index contributed by atoms with van der Waals surface area (Å²) in [6.07, 6.45) is 1.84. The Labute approximate surface area is 208 Å². The van der Waals surface area contributed by atoms with E-state index in [1.807, 2.05) is 18.3 Å². The second-order valence-corrected chi connectivity index (χ2v) is 9.72. The molecule has 0 bridgehead atoms. The molecule has 1 N–H and O–H groups in total. The van der Waals surface area contributed by atoms with Gasteiger partial charge in [0.1, 0.15) is 0 Å². The van der Waals surface area contributed by atoms with Crippen LogP contribution < -0.4 is 10.2 Å². The second kappa shape index (κ2) is 8.76. The number of benzene rings is 2. The molecule has 2 aromatic carbocycles. The SMILES string of the molecule is Cc1ccccc1-n1c(C)cc(C2C(c3ccccn3)NC(=S)N2c2ccc(Br)cc2)c1C. The van der Waals surface area contributed by atoms with Gasteiger partial charge in [0.25, 0.3) is 0 Å². The predicted octanol–water partition coefficient (Wildman–Crippen LogP) is 6.74.